The standard InChI is InChI=1S/C12H24N2O2/c1-4-14(9(2)12(15)16-3)11-7-5-6-10(11)8-13/h9-11H,4-8,13H2,1-3H3. The van der Waals surface area contributed by atoms with Gasteiger partial charge < -0.3 is 10.5 Å². The minimum Gasteiger partial charge on any atom is -0.468 e. The summed E-state index contributed by atoms with van der Waals surface area (Å²) in [6.07, 6.45) is 3.56. The van der Waals surface area contributed by atoms with E-state index in [0.29, 0.717) is 12.0 Å². The zero-order chi connectivity index (χ0) is 12.1. The summed E-state index contributed by atoms with van der Waals surface area (Å²) in [7, 11) is 1.45. The van der Waals surface area contributed by atoms with Crippen LogP contribution >= 0.6 is 0 Å². The maximum Gasteiger partial charge on any atom is 0.322 e. The first-order valence-electron chi connectivity index (χ1n) is 6.19. The van der Waals surface area contributed by atoms with Gasteiger partial charge in [-0.25, -0.2) is 0 Å². The van der Waals surface area contributed by atoms with E-state index in [1.165, 1.54) is 20.0 Å². The van der Waals surface area contributed by atoms with Crippen LogP contribution in [0, 0.1) is 5.92 Å². The van der Waals surface area contributed by atoms with E-state index in [-0.39, 0.29) is 12.0 Å². The van der Waals surface area contributed by atoms with E-state index in [4.69, 9.17) is 10.5 Å². The number of rotatable bonds is 5. The molecule has 4 heteroatoms. The predicted octanol–water partition coefficient (Wildman–Crippen LogP) is 0.997. The molecule has 0 radical (unpaired) electrons. The second kappa shape index (κ2) is 6.21. The van der Waals surface area contributed by atoms with Gasteiger partial charge in [-0.1, -0.05) is 13.3 Å². The maximum atomic E-state index is 11.6. The molecule has 3 atom stereocenters. The number of hydrogen-bond acceptors (Lipinski definition) is 4. The summed E-state index contributed by atoms with van der Waals surface area (Å²) < 4.78 is 4.81. The summed E-state index contributed by atoms with van der Waals surface area (Å²) in [6, 6.07) is 0.288. The fourth-order valence-electron chi connectivity index (χ4n) is 2.83. The molecule has 0 aliphatic heterocycles. The van der Waals surface area contributed by atoms with Crippen molar-refractivity contribution in [3.8, 4) is 0 Å². The molecule has 94 valence electrons. The van der Waals surface area contributed by atoms with Gasteiger partial charge in [0.2, 0.25) is 0 Å². The molecule has 1 saturated carbocycles. The Balaban J connectivity index is 2.69. The molecule has 16 heavy (non-hydrogen) atoms. The lowest BCUT2D eigenvalue weighted by Crippen LogP contribution is -2.48. The molecule has 1 aliphatic carbocycles. The normalized spacial score (nSPS) is 27.1. The first-order chi connectivity index (χ1) is 7.65. The van der Waals surface area contributed by atoms with Crippen molar-refractivity contribution >= 4 is 5.97 Å². The molecule has 0 saturated heterocycles. The van der Waals surface area contributed by atoms with E-state index < -0.39 is 0 Å². The average Bonchev–Trinajstić information content (AvgIpc) is 2.77. The van der Waals surface area contributed by atoms with Crippen LogP contribution in [-0.2, 0) is 9.53 Å². The second-order valence-electron chi connectivity index (χ2n) is 4.52. The molecule has 1 rings (SSSR count). The lowest BCUT2D eigenvalue weighted by molar-refractivity contribution is -0.147. The molecule has 0 aromatic carbocycles. The highest BCUT2D eigenvalue weighted by molar-refractivity contribution is 5.75. The van der Waals surface area contributed by atoms with Crippen LogP contribution in [0.1, 0.15) is 33.1 Å². The van der Waals surface area contributed by atoms with Gasteiger partial charge in [0.1, 0.15) is 6.04 Å². The number of methoxy groups -OCH3 is 1. The Kier molecular flexibility index (Phi) is 5.22. The summed E-state index contributed by atoms with van der Waals surface area (Å²) in [5.74, 6) is 0.386. The Morgan fingerprint density at radius 3 is 2.75 bits per heavy atom. The third-order valence-corrected chi connectivity index (χ3v) is 3.75. The minimum atomic E-state index is -0.160. The Labute approximate surface area is 98.1 Å². The Bertz CT molecular complexity index is 233. The molecule has 0 heterocycles. The van der Waals surface area contributed by atoms with Crippen LogP contribution in [0.25, 0.3) is 0 Å². The number of nitrogens with two attached hydrogens (primary N) is 1. The lowest BCUT2D eigenvalue weighted by atomic mass is 10.0. The topological polar surface area (TPSA) is 55.6 Å². The number of likely N-dealkylation sites (N-methyl/N-ethyl adjacent to an activating group) is 1. The molecule has 1 aliphatic rings. The van der Waals surface area contributed by atoms with Gasteiger partial charge in [0.25, 0.3) is 0 Å². The van der Waals surface area contributed by atoms with Crippen LogP contribution in [0.5, 0.6) is 0 Å². The summed E-state index contributed by atoms with van der Waals surface area (Å²) in [5, 5.41) is 0. The van der Waals surface area contributed by atoms with Crippen LogP contribution in [0.3, 0.4) is 0 Å². The van der Waals surface area contributed by atoms with Crippen molar-refractivity contribution < 1.29 is 9.53 Å². The molecule has 4 nitrogen and oxygen atoms in total. The lowest BCUT2D eigenvalue weighted by Gasteiger charge is -2.35. The van der Waals surface area contributed by atoms with Crippen LogP contribution < -0.4 is 5.73 Å². The van der Waals surface area contributed by atoms with Crippen LogP contribution in [-0.4, -0.2) is 43.2 Å². The molecule has 0 spiro atoms. The number of ether oxygens (including phenoxy) is 1. The van der Waals surface area contributed by atoms with Gasteiger partial charge in [0.15, 0.2) is 0 Å². The van der Waals surface area contributed by atoms with E-state index in [9.17, 15) is 4.79 Å². The summed E-state index contributed by atoms with van der Waals surface area (Å²) in [5.41, 5.74) is 5.78. The third-order valence-electron chi connectivity index (χ3n) is 3.75. The van der Waals surface area contributed by atoms with Gasteiger partial charge in [-0.15, -0.1) is 0 Å². The van der Waals surface area contributed by atoms with Gasteiger partial charge in [0, 0.05) is 6.04 Å². The summed E-state index contributed by atoms with van der Waals surface area (Å²) in [6.45, 7) is 5.60. The minimum absolute atomic E-state index is 0.149. The van der Waals surface area contributed by atoms with Gasteiger partial charge in [-0.3, -0.25) is 9.69 Å². The van der Waals surface area contributed by atoms with Crippen molar-refractivity contribution in [3.63, 3.8) is 0 Å². The molecule has 0 amide bonds. The first-order valence-corrected chi connectivity index (χ1v) is 6.19. The number of carbonyl (C=O) groups is 1. The smallest absolute Gasteiger partial charge is 0.322 e. The Hall–Kier alpha value is -0.610. The second-order valence-corrected chi connectivity index (χ2v) is 4.52. The fourth-order valence-corrected chi connectivity index (χ4v) is 2.83. The number of esters is 1. The first kappa shape index (κ1) is 13.5. The Morgan fingerprint density at radius 1 is 1.56 bits per heavy atom. The monoisotopic (exact) mass is 228 g/mol. The third kappa shape index (κ3) is 2.74. The number of hydrogen-bond donors (Lipinski definition) is 1. The van der Waals surface area contributed by atoms with Gasteiger partial charge in [0.05, 0.1) is 7.11 Å². The van der Waals surface area contributed by atoms with Gasteiger partial charge in [-0.05, 0) is 38.8 Å². The van der Waals surface area contributed by atoms with Crippen molar-refractivity contribution in [2.24, 2.45) is 11.7 Å². The van der Waals surface area contributed by atoms with Gasteiger partial charge in [-0.2, -0.15) is 0 Å². The molecule has 0 aromatic rings. The van der Waals surface area contributed by atoms with Crippen molar-refractivity contribution in [3.05, 3.63) is 0 Å². The summed E-state index contributed by atoms with van der Waals surface area (Å²) >= 11 is 0. The molecule has 0 bridgehead atoms. The van der Waals surface area contributed by atoms with Crippen LogP contribution in [0.2, 0.25) is 0 Å². The zero-order valence-electron chi connectivity index (χ0n) is 10.6. The summed E-state index contributed by atoms with van der Waals surface area (Å²) in [4.78, 5) is 13.8. The van der Waals surface area contributed by atoms with Gasteiger partial charge >= 0.3 is 5.97 Å². The highest BCUT2D eigenvalue weighted by Gasteiger charge is 2.35. The van der Waals surface area contributed by atoms with E-state index in [1.54, 1.807) is 0 Å². The molecular weight excluding hydrogens is 204 g/mol. The molecule has 3 unspecified atom stereocenters. The van der Waals surface area contributed by atoms with E-state index in [1.807, 2.05) is 6.92 Å². The number of carbonyl (C=O) groups excluding carboxylic acids is 1. The van der Waals surface area contributed by atoms with E-state index in [2.05, 4.69) is 11.8 Å². The molecule has 0 aromatic heterocycles. The quantitative estimate of drug-likeness (QED) is 0.713. The van der Waals surface area contributed by atoms with Crippen molar-refractivity contribution in [2.75, 3.05) is 20.2 Å². The Morgan fingerprint density at radius 2 is 2.25 bits per heavy atom. The van der Waals surface area contributed by atoms with Crippen molar-refractivity contribution in [2.45, 2.75) is 45.2 Å². The number of nitrogens with zero attached hydrogens (tertiary/aromatic N) is 1. The van der Waals surface area contributed by atoms with Crippen molar-refractivity contribution in [1.82, 2.24) is 4.90 Å². The van der Waals surface area contributed by atoms with E-state index in [0.717, 1.165) is 19.5 Å². The van der Waals surface area contributed by atoms with Crippen LogP contribution in [0.4, 0.5) is 0 Å². The van der Waals surface area contributed by atoms with Crippen molar-refractivity contribution in [1.29, 1.82) is 0 Å². The maximum absolute atomic E-state index is 11.6. The largest absolute Gasteiger partial charge is 0.468 e. The highest BCUT2D eigenvalue weighted by Crippen LogP contribution is 2.30. The SMILES string of the molecule is CCN(C(C)C(=O)OC)C1CCCC1CN. The average molecular weight is 228 g/mol. The highest BCUT2D eigenvalue weighted by atomic mass is 16.5. The van der Waals surface area contributed by atoms with E-state index >= 15 is 0 Å². The fraction of sp³-hybridized carbons (Fsp3) is 0.917. The molecule has 2 N–H and O–H groups in total. The molecule has 1 fully saturated rings. The van der Waals surface area contributed by atoms with Crippen LogP contribution in [0.15, 0.2) is 0 Å². The molecular formula is C12H24N2O2. The zero-order valence-corrected chi connectivity index (χ0v) is 10.6. The predicted molar refractivity (Wildman–Crippen MR) is 64.0 cm³/mol.